The number of amides is 2. The molecule has 2 aromatic rings. The summed E-state index contributed by atoms with van der Waals surface area (Å²) in [5.74, 6) is -0.971. The molecular weight excluding hydrogens is 244 g/mol. The summed E-state index contributed by atoms with van der Waals surface area (Å²) < 4.78 is 0. The van der Waals surface area contributed by atoms with Crippen molar-refractivity contribution in [2.45, 2.75) is 0 Å². The van der Waals surface area contributed by atoms with E-state index in [0.29, 0.717) is 11.2 Å². The van der Waals surface area contributed by atoms with E-state index >= 15 is 0 Å². The minimum atomic E-state index is -0.579. The molecule has 1 aromatic carbocycles. The van der Waals surface area contributed by atoms with Crippen LogP contribution >= 0.6 is 0 Å². The molecule has 0 aliphatic heterocycles. The van der Waals surface area contributed by atoms with Crippen LogP contribution in [0.1, 0.15) is 10.5 Å². The molecule has 0 unspecified atom stereocenters. The van der Waals surface area contributed by atoms with Crippen LogP contribution in [-0.4, -0.2) is 35.3 Å². The molecule has 4 N–H and O–H groups in total. The van der Waals surface area contributed by atoms with E-state index in [1.54, 1.807) is 6.07 Å². The summed E-state index contributed by atoms with van der Waals surface area (Å²) >= 11 is 0. The number of carbonyl (C=O) groups excluding carboxylic acids is 2. The zero-order chi connectivity index (χ0) is 14.0. The third-order valence-corrected chi connectivity index (χ3v) is 2.71. The van der Waals surface area contributed by atoms with Crippen molar-refractivity contribution in [3.63, 3.8) is 0 Å². The Morgan fingerprint density at radius 1 is 1.32 bits per heavy atom. The average molecular weight is 258 g/mol. The largest absolute Gasteiger partial charge is 0.398 e. The molecular formula is C13H14N4O2. The molecule has 0 atom stereocenters. The predicted octanol–water partition coefficient (Wildman–Crippen LogP) is 0.374. The van der Waals surface area contributed by atoms with Crippen LogP contribution < -0.4 is 11.5 Å². The highest BCUT2D eigenvalue weighted by molar-refractivity contribution is 6.00. The predicted molar refractivity (Wildman–Crippen MR) is 72.3 cm³/mol. The normalized spacial score (nSPS) is 10.4. The van der Waals surface area contributed by atoms with Gasteiger partial charge >= 0.3 is 0 Å². The zero-order valence-electron chi connectivity index (χ0n) is 10.5. The molecule has 0 bridgehead atoms. The lowest BCUT2D eigenvalue weighted by atomic mass is 10.1. The van der Waals surface area contributed by atoms with Crippen molar-refractivity contribution in [2.24, 2.45) is 5.73 Å². The summed E-state index contributed by atoms with van der Waals surface area (Å²) in [4.78, 5) is 28.3. The molecule has 2 rings (SSSR count). The van der Waals surface area contributed by atoms with Gasteiger partial charge in [0, 0.05) is 18.1 Å². The van der Waals surface area contributed by atoms with Gasteiger partial charge in [-0.1, -0.05) is 18.2 Å². The highest BCUT2D eigenvalue weighted by atomic mass is 16.2. The molecule has 0 aliphatic carbocycles. The van der Waals surface area contributed by atoms with Gasteiger partial charge in [0.15, 0.2) is 0 Å². The van der Waals surface area contributed by atoms with Gasteiger partial charge in [-0.15, -0.1) is 0 Å². The summed E-state index contributed by atoms with van der Waals surface area (Å²) in [5, 5.41) is 0.789. The molecule has 19 heavy (non-hydrogen) atoms. The van der Waals surface area contributed by atoms with Gasteiger partial charge in [-0.3, -0.25) is 9.59 Å². The van der Waals surface area contributed by atoms with Gasteiger partial charge in [0.25, 0.3) is 5.91 Å². The molecule has 0 saturated carbocycles. The summed E-state index contributed by atoms with van der Waals surface area (Å²) in [6, 6.07) is 8.77. The molecule has 0 fully saturated rings. The van der Waals surface area contributed by atoms with Crippen molar-refractivity contribution >= 4 is 28.4 Å². The van der Waals surface area contributed by atoms with Crippen LogP contribution in [0.2, 0.25) is 0 Å². The second-order valence-electron chi connectivity index (χ2n) is 4.24. The number of pyridine rings is 1. The van der Waals surface area contributed by atoms with Crippen LogP contribution in [0.4, 0.5) is 5.69 Å². The lowest BCUT2D eigenvalue weighted by Gasteiger charge is -2.15. The Morgan fingerprint density at radius 3 is 2.68 bits per heavy atom. The molecule has 0 radical (unpaired) electrons. The van der Waals surface area contributed by atoms with Crippen LogP contribution in [0.25, 0.3) is 10.9 Å². The third-order valence-electron chi connectivity index (χ3n) is 2.71. The number of hydrogen-bond donors (Lipinski definition) is 2. The minimum Gasteiger partial charge on any atom is -0.398 e. The number of benzene rings is 1. The van der Waals surface area contributed by atoms with Gasteiger partial charge in [0.05, 0.1) is 12.1 Å². The quantitative estimate of drug-likeness (QED) is 0.830. The first-order valence-corrected chi connectivity index (χ1v) is 5.68. The fourth-order valence-corrected chi connectivity index (χ4v) is 1.81. The molecule has 1 aromatic heterocycles. The number of likely N-dealkylation sites (N-methyl/N-ethyl adjacent to an activating group) is 1. The van der Waals surface area contributed by atoms with Crippen molar-refractivity contribution < 1.29 is 9.59 Å². The van der Waals surface area contributed by atoms with Crippen LogP contribution in [-0.2, 0) is 4.79 Å². The average Bonchev–Trinajstić information content (AvgIpc) is 2.37. The molecule has 2 amide bonds. The van der Waals surface area contributed by atoms with E-state index in [-0.39, 0.29) is 12.2 Å². The molecule has 0 spiro atoms. The van der Waals surface area contributed by atoms with E-state index in [4.69, 9.17) is 11.5 Å². The first kappa shape index (κ1) is 12.8. The highest BCUT2D eigenvalue weighted by Gasteiger charge is 2.16. The van der Waals surface area contributed by atoms with Gasteiger partial charge in [-0.05, 0) is 12.1 Å². The minimum absolute atomic E-state index is 0.159. The first-order chi connectivity index (χ1) is 8.99. The fraction of sp³-hybridized carbons (Fsp3) is 0.154. The molecule has 98 valence electrons. The van der Waals surface area contributed by atoms with Crippen LogP contribution in [0.15, 0.2) is 30.3 Å². The Labute approximate surface area is 110 Å². The van der Waals surface area contributed by atoms with Crippen LogP contribution in [0.5, 0.6) is 0 Å². The summed E-state index contributed by atoms with van der Waals surface area (Å²) in [5.41, 5.74) is 12.3. The first-order valence-electron chi connectivity index (χ1n) is 5.68. The van der Waals surface area contributed by atoms with Crippen molar-refractivity contribution in [1.82, 2.24) is 9.88 Å². The van der Waals surface area contributed by atoms with Gasteiger partial charge in [-0.2, -0.15) is 0 Å². The number of carbonyl (C=O) groups is 2. The fourth-order valence-electron chi connectivity index (χ4n) is 1.81. The van der Waals surface area contributed by atoms with Crippen LogP contribution in [0.3, 0.4) is 0 Å². The van der Waals surface area contributed by atoms with Crippen molar-refractivity contribution in [3.8, 4) is 0 Å². The second kappa shape index (κ2) is 4.93. The van der Waals surface area contributed by atoms with Gasteiger partial charge in [0.2, 0.25) is 5.91 Å². The van der Waals surface area contributed by atoms with Crippen molar-refractivity contribution in [3.05, 3.63) is 36.0 Å². The Balaban J connectivity index is 2.40. The molecule has 6 heteroatoms. The number of rotatable bonds is 3. The van der Waals surface area contributed by atoms with E-state index < -0.39 is 11.8 Å². The number of hydrogen-bond acceptors (Lipinski definition) is 4. The maximum absolute atomic E-state index is 12.1. The summed E-state index contributed by atoms with van der Waals surface area (Å²) in [7, 11) is 1.49. The lowest BCUT2D eigenvalue weighted by molar-refractivity contribution is -0.118. The smallest absolute Gasteiger partial charge is 0.272 e. The number of aromatic nitrogens is 1. The number of anilines is 1. The second-order valence-corrected chi connectivity index (χ2v) is 4.24. The Bertz CT molecular complexity index is 654. The molecule has 0 saturated heterocycles. The maximum Gasteiger partial charge on any atom is 0.272 e. The number of para-hydroxylation sites is 1. The maximum atomic E-state index is 12.1. The lowest BCUT2D eigenvalue weighted by Crippen LogP contribution is -2.35. The standard InChI is InChI=1S/C13H14N4O2/c1-17(7-12(15)18)13(19)11-6-9(14)8-4-2-3-5-10(8)16-11/h2-6H,7H2,1H3,(H2,14,16)(H2,15,18). The zero-order valence-corrected chi connectivity index (χ0v) is 10.5. The van der Waals surface area contributed by atoms with E-state index in [1.165, 1.54) is 18.0 Å². The summed E-state index contributed by atoms with van der Waals surface area (Å²) in [6.07, 6.45) is 0. The third kappa shape index (κ3) is 2.62. The van der Waals surface area contributed by atoms with E-state index in [2.05, 4.69) is 4.98 Å². The molecule has 6 nitrogen and oxygen atoms in total. The van der Waals surface area contributed by atoms with Crippen LogP contribution in [0, 0.1) is 0 Å². The van der Waals surface area contributed by atoms with E-state index in [1.807, 2.05) is 18.2 Å². The number of fused-ring (bicyclic) bond motifs is 1. The SMILES string of the molecule is CN(CC(N)=O)C(=O)c1cc(N)c2ccccc2n1. The molecule has 1 heterocycles. The van der Waals surface area contributed by atoms with E-state index in [9.17, 15) is 9.59 Å². The topological polar surface area (TPSA) is 102 Å². The Hall–Kier alpha value is -2.63. The Morgan fingerprint density at radius 2 is 2.00 bits per heavy atom. The summed E-state index contributed by atoms with van der Waals surface area (Å²) in [6.45, 7) is -0.159. The molecule has 0 aliphatic rings. The highest BCUT2D eigenvalue weighted by Crippen LogP contribution is 2.20. The number of nitrogens with zero attached hydrogens (tertiary/aromatic N) is 2. The monoisotopic (exact) mass is 258 g/mol. The van der Waals surface area contributed by atoms with E-state index in [0.717, 1.165) is 5.39 Å². The van der Waals surface area contributed by atoms with Gasteiger partial charge < -0.3 is 16.4 Å². The number of nitrogen functional groups attached to an aromatic ring is 1. The van der Waals surface area contributed by atoms with Gasteiger partial charge in [0.1, 0.15) is 5.69 Å². The van der Waals surface area contributed by atoms with Crippen molar-refractivity contribution in [1.29, 1.82) is 0 Å². The Kier molecular flexibility index (Phi) is 3.33. The number of nitrogens with two attached hydrogens (primary N) is 2. The number of primary amides is 1. The van der Waals surface area contributed by atoms with Gasteiger partial charge in [-0.25, -0.2) is 4.98 Å². The van der Waals surface area contributed by atoms with Crippen molar-refractivity contribution in [2.75, 3.05) is 19.3 Å².